The lowest BCUT2D eigenvalue weighted by atomic mass is 9.97. The summed E-state index contributed by atoms with van der Waals surface area (Å²) in [7, 11) is 0. The largest absolute Gasteiger partial charge is 0.464 e. The Balaban J connectivity index is 2.18. The monoisotopic (exact) mass is 247 g/mol. The molecular formula is C15H21NO2. The van der Waals surface area contributed by atoms with Gasteiger partial charge in [0.15, 0.2) is 0 Å². The highest BCUT2D eigenvalue weighted by Crippen LogP contribution is 2.34. The molecule has 0 aromatic heterocycles. The van der Waals surface area contributed by atoms with Crippen LogP contribution in [0.1, 0.15) is 38.2 Å². The number of ether oxygens (including phenoxy) is 1. The number of rotatable bonds is 4. The minimum Gasteiger partial charge on any atom is -0.464 e. The molecule has 1 saturated carbocycles. The number of carbonyl (C=O) groups is 1. The molecule has 0 heterocycles. The first kappa shape index (κ1) is 12.9. The van der Waals surface area contributed by atoms with Crippen molar-refractivity contribution in [3.8, 4) is 0 Å². The van der Waals surface area contributed by atoms with Crippen molar-refractivity contribution < 1.29 is 9.53 Å². The summed E-state index contributed by atoms with van der Waals surface area (Å²) >= 11 is 0. The molecule has 0 radical (unpaired) electrons. The van der Waals surface area contributed by atoms with Gasteiger partial charge >= 0.3 is 5.97 Å². The number of anilines is 1. The molecule has 0 unspecified atom stereocenters. The lowest BCUT2D eigenvalue weighted by Crippen LogP contribution is -2.45. The molecule has 0 spiro atoms. The number of carbonyl (C=O) groups excluding carboxylic acids is 1. The fourth-order valence-electron chi connectivity index (χ4n) is 2.63. The van der Waals surface area contributed by atoms with Gasteiger partial charge in [-0.1, -0.05) is 25.0 Å². The zero-order chi connectivity index (χ0) is 13.0. The third kappa shape index (κ3) is 2.66. The zero-order valence-corrected chi connectivity index (χ0v) is 11.2. The van der Waals surface area contributed by atoms with Crippen LogP contribution >= 0.6 is 0 Å². The van der Waals surface area contributed by atoms with Crippen LogP contribution in [0.4, 0.5) is 5.69 Å². The Morgan fingerprint density at radius 1 is 1.39 bits per heavy atom. The van der Waals surface area contributed by atoms with Crippen LogP contribution in [0.2, 0.25) is 0 Å². The SMILES string of the molecule is CCOC(=O)C1(Nc2cccc(C)c2)CCCC1. The Kier molecular flexibility index (Phi) is 3.90. The molecule has 0 bridgehead atoms. The summed E-state index contributed by atoms with van der Waals surface area (Å²) in [5, 5.41) is 3.41. The molecule has 1 aliphatic rings. The van der Waals surface area contributed by atoms with Crippen molar-refractivity contribution in [1.82, 2.24) is 0 Å². The van der Waals surface area contributed by atoms with Gasteiger partial charge in [0.05, 0.1) is 6.61 Å². The first-order valence-electron chi connectivity index (χ1n) is 6.68. The third-order valence-electron chi connectivity index (χ3n) is 3.52. The van der Waals surface area contributed by atoms with Crippen LogP contribution < -0.4 is 5.32 Å². The van der Waals surface area contributed by atoms with Gasteiger partial charge in [0.2, 0.25) is 0 Å². The first-order valence-corrected chi connectivity index (χ1v) is 6.68. The lowest BCUT2D eigenvalue weighted by molar-refractivity contribution is -0.148. The van der Waals surface area contributed by atoms with Gasteiger partial charge in [-0.2, -0.15) is 0 Å². The number of nitrogens with one attached hydrogen (secondary N) is 1. The lowest BCUT2D eigenvalue weighted by Gasteiger charge is -2.29. The normalized spacial score (nSPS) is 17.4. The van der Waals surface area contributed by atoms with Crippen molar-refractivity contribution in [3.05, 3.63) is 29.8 Å². The van der Waals surface area contributed by atoms with Crippen LogP contribution in [-0.4, -0.2) is 18.1 Å². The maximum Gasteiger partial charge on any atom is 0.331 e. The molecule has 2 rings (SSSR count). The first-order chi connectivity index (χ1) is 8.66. The van der Waals surface area contributed by atoms with E-state index in [-0.39, 0.29) is 5.97 Å². The Morgan fingerprint density at radius 2 is 2.11 bits per heavy atom. The summed E-state index contributed by atoms with van der Waals surface area (Å²) in [6.07, 6.45) is 3.88. The Morgan fingerprint density at radius 3 is 2.72 bits per heavy atom. The standard InChI is InChI=1S/C15H21NO2/c1-3-18-14(17)15(9-4-5-10-15)16-13-8-6-7-12(2)11-13/h6-8,11,16H,3-5,9-10H2,1-2H3. The smallest absolute Gasteiger partial charge is 0.331 e. The molecule has 0 atom stereocenters. The molecule has 1 N–H and O–H groups in total. The fourth-order valence-corrected chi connectivity index (χ4v) is 2.63. The van der Waals surface area contributed by atoms with Crippen molar-refractivity contribution in [3.63, 3.8) is 0 Å². The molecule has 0 saturated heterocycles. The van der Waals surface area contributed by atoms with Crippen LogP contribution in [0.5, 0.6) is 0 Å². The molecule has 1 aromatic carbocycles. The van der Waals surface area contributed by atoms with Crippen molar-refractivity contribution in [2.24, 2.45) is 0 Å². The van der Waals surface area contributed by atoms with Crippen molar-refractivity contribution >= 4 is 11.7 Å². The van der Waals surface area contributed by atoms with Crippen LogP contribution in [0.3, 0.4) is 0 Å². The van der Waals surface area contributed by atoms with Gasteiger partial charge in [-0.3, -0.25) is 0 Å². The van der Waals surface area contributed by atoms with E-state index >= 15 is 0 Å². The number of benzene rings is 1. The van der Waals surface area contributed by atoms with Gasteiger partial charge in [0, 0.05) is 5.69 Å². The van der Waals surface area contributed by atoms with E-state index in [2.05, 4.69) is 24.4 Å². The van der Waals surface area contributed by atoms with Crippen molar-refractivity contribution in [1.29, 1.82) is 0 Å². The second-order valence-electron chi connectivity index (χ2n) is 5.00. The summed E-state index contributed by atoms with van der Waals surface area (Å²) in [6.45, 7) is 4.35. The van der Waals surface area contributed by atoms with Gasteiger partial charge < -0.3 is 10.1 Å². The van der Waals surface area contributed by atoms with Crippen molar-refractivity contribution in [2.75, 3.05) is 11.9 Å². The predicted octanol–water partition coefficient (Wildman–Crippen LogP) is 3.28. The molecule has 0 aliphatic heterocycles. The zero-order valence-electron chi connectivity index (χ0n) is 11.2. The van der Waals surface area contributed by atoms with Crippen molar-refractivity contribution in [2.45, 2.75) is 45.1 Å². The Bertz CT molecular complexity index is 422. The van der Waals surface area contributed by atoms with E-state index in [1.807, 2.05) is 19.1 Å². The highest BCUT2D eigenvalue weighted by molar-refractivity contribution is 5.85. The highest BCUT2D eigenvalue weighted by atomic mass is 16.5. The quantitative estimate of drug-likeness (QED) is 0.830. The molecule has 18 heavy (non-hydrogen) atoms. The van der Waals surface area contributed by atoms with E-state index in [0.29, 0.717) is 6.61 Å². The predicted molar refractivity (Wildman–Crippen MR) is 72.6 cm³/mol. The average Bonchev–Trinajstić information content (AvgIpc) is 2.79. The minimum atomic E-state index is -0.510. The number of hydrogen-bond donors (Lipinski definition) is 1. The summed E-state index contributed by atoms with van der Waals surface area (Å²) in [6, 6.07) is 8.13. The maximum absolute atomic E-state index is 12.2. The summed E-state index contributed by atoms with van der Waals surface area (Å²) in [5.74, 6) is -0.107. The average molecular weight is 247 g/mol. The van der Waals surface area contributed by atoms with Crippen LogP contribution in [-0.2, 0) is 9.53 Å². The molecule has 3 heteroatoms. The fraction of sp³-hybridized carbons (Fsp3) is 0.533. The van der Waals surface area contributed by atoms with Crippen LogP contribution in [0.25, 0.3) is 0 Å². The summed E-state index contributed by atoms with van der Waals surface area (Å²) < 4.78 is 5.23. The van der Waals surface area contributed by atoms with Crippen LogP contribution in [0.15, 0.2) is 24.3 Å². The minimum absolute atomic E-state index is 0.107. The molecule has 1 fully saturated rings. The number of esters is 1. The van der Waals surface area contributed by atoms with Gasteiger partial charge in [-0.25, -0.2) is 4.79 Å². The van der Waals surface area contributed by atoms with E-state index in [4.69, 9.17) is 4.74 Å². The van der Waals surface area contributed by atoms with Gasteiger partial charge in [0.25, 0.3) is 0 Å². The molecule has 1 aromatic rings. The third-order valence-corrected chi connectivity index (χ3v) is 3.52. The second-order valence-corrected chi connectivity index (χ2v) is 5.00. The molecule has 3 nitrogen and oxygen atoms in total. The van der Waals surface area contributed by atoms with E-state index in [1.165, 1.54) is 5.56 Å². The Hall–Kier alpha value is -1.51. The topological polar surface area (TPSA) is 38.3 Å². The molecule has 98 valence electrons. The maximum atomic E-state index is 12.2. The molecule has 0 amide bonds. The van der Waals surface area contributed by atoms with E-state index in [9.17, 15) is 4.79 Å². The van der Waals surface area contributed by atoms with Crippen LogP contribution in [0, 0.1) is 6.92 Å². The number of aryl methyl sites for hydroxylation is 1. The van der Waals surface area contributed by atoms with E-state index < -0.39 is 5.54 Å². The summed E-state index contributed by atoms with van der Waals surface area (Å²) in [4.78, 5) is 12.2. The molecular weight excluding hydrogens is 226 g/mol. The van der Waals surface area contributed by atoms with Gasteiger partial charge in [-0.05, 0) is 44.4 Å². The molecule has 1 aliphatic carbocycles. The second kappa shape index (κ2) is 5.42. The van der Waals surface area contributed by atoms with Gasteiger partial charge in [-0.15, -0.1) is 0 Å². The summed E-state index contributed by atoms with van der Waals surface area (Å²) in [5.41, 5.74) is 1.69. The highest BCUT2D eigenvalue weighted by Gasteiger charge is 2.42. The van der Waals surface area contributed by atoms with E-state index in [1.54, 1.807) is 0 Å². The number of hydrogen-bond acceptors (Lipinski definition) is 3. The Labute approximate surface area is 109 Å². The van der Waals surface area contributed by atoms with Gasteiger partial charge in [0.1, 0.15) is 5.54 Å². The van der Waals surface area contributed by atoms with E-state index in [0.717, 1.165) is 31.4 Å².